The molecule has 0 aromatic heterocycles. The largest absolute Gasteiger partial charge is 0.451 e. The molecule has 0 radical (unpaired) electrons. The van der Waals surface area contributed by atoms with E-state index in [0.717, 1.165) is 0 Å². The van der Waals surface area contributed by atoms with E-state index in [0.29, 0.717) is 19.3 Å². The number of ether oxygens (including phenoxy) is 2. The first-order valence-corrected chi connectivity index (χ1v) is 4.37. The fraction of sp³-hybridized carbons (Fsp3) is 0.889. The molecule has 0 unspecified atom stereocenters. The monoisotopic (exact) mass is 171 g/mol. The van der Waals surface area contributed by atoms with Crippen LogP contribution >= 0.6 is 0 Å². The number of nitrogens with zero attached hydrogens (tertiary/aromatic N) is 1. The quantitative estimate of drug-likeness (QED) is 0.602. The summed E-state index contributed by atoms with van der Waals surface area (Å²) in [5.74, 6) is 0. The fourth-order valence-electron chi connectivity index (χ4n) is 0.998. The van der Waals surface area contributed by atoms with Crippen LogP contribution in [-0.2, 0) is 9.47 Å². The van der Waals surface area contributed by atoms with Gasteiger partial charge in [-0.2, -0.15) is 0 Å². The minimum absolute atomic E-state index is 0.166. The van der Waals surface area contributed by atoms with Gasteiger partial charge in [-0.3, -0.25) is 0 Å². The maximum absolute atomic E-state index is 5.26. The van der Waals surface area contributed by atoms with Crippen LogP contribution in [0.4, 0.5) is 0 Å². The molecule has 70 valence electrons. The van der Waals surface area contributed by atoms with Crippen LogP contribution in [0.2, 0.25) is 0 Å². The minimum Gasteiger partial charge on any atom is -0.451 e. The molecule has 12 heavy (non-hydrogen) atoms. The maximum Gasteiger partial charge on any atom is 0.383 e. The second-order valence-electron chi connectivity index (χ2n) is 4.02. The van der Waals surface area contributed by atoms with Crippen molar-refractivity contribution < 1.29 is 9.47 Å². The van der Waals surface area contributed by atoms with Crippen molar-refractivity contribution in [3.05, 3.63) is 0 Å². The van der Waals surface area contributed by atoms with Crippen LogP contribution in [-0.4, -0.2) is 25.3 Å². The molecule has 0 bridgehead atoms. The molecule has 0 aliphatic carbocycles. The molecule has 0 aromatic carbocycles. The van der Waals surface area contributed by atoms with Gasteiger partial charge < -0.3 is 9.47 Å². The summed E-state index contributed by atoms with van der Waals surface area (Å²) in [7, 11) is 0. The van der Waals surface area contributed by atoms with Crippen LogP contribution < -0.4 is 0 Å². The zero-order valence-corrected chi connectivity index (χ0v) is 8.26. The number of rotatable bonds is 1. The highest BCUT2D eigenvalue weighted by Gasteiger charge is 2.30. The molecular formula is C9H17NO2. The van der Waals surface area contributed by atoms with Crippen molar-refractivity contribution in [1.82, 2.24) is 0 Å². The van der Waals surface area contributed by atoms with E-state index < -0.39 is 0 Å². The SMILES string of the molecule is CCOC1=N[C@@H](C(C)(C)C)CO1. The zero-order valence-electron chi connectivity index (χ0n) is 8.26. The van der Waals surface area contributed by atoms with Gasteiger partial charge in [0, 0.05) is 0 Å². The van der Waals surface area contributed by atoms with Gasteiger partial charge in [-0.05, 0) is 12.3 Å². The van der Waals surface area contributed by atoms with Gasteiger partial charge in [-0.1, -0.05) is 20.8 Å². The summed E-state index contributed by atoms with van der Waals surface area (Å²) in [4.78, 5) is 4.32. The molecule has 1 heterocycles. The zero-order chi connectivity index (χ0) is 9.19. The van der Waals surface area contributed by atoms with E-state index in [1.165, 1.54) is 0 Å². The van der Waals surface area contributed by atoms with Crippen LogP contribution in [0.25, 0.3) is 0 Å². The van der Waals surface area contributed by atoms with Gasteiger partial charge in [-0.25, -0.2) is 4.99 Å². The summed E-state index contributed by atoms with van der Waals surface area (Å²) in [6.45, 7) is 9.66. The van der Waals surface area contributed by atoms with E-state index >= 15 is 0 Å². The predicted octanol–water partition coefficient (Wildman–Crippen LogP) is 1.82. The van der Waals surface area contributed by atoms with Gasteiger partial charge in [0.1, 0.15) is 6.61 Å². The highest BCUT2D eigenvalue weighted by atomic mass is 16.7. The third-order valence-electron chi connectivity index (χ3n) is 1.89. The lowest BCUT2D eigenvalue weighted by Gasteiger charge is -2.21. The Kier molecular flexibility index (Phi) is 2.60. The smallest absolute Gasteiger partial charge is 0.383 e. The number of hydrogen-bond donors (Lipinski definition) is 0. The van der Waals surface area contributed by atoms with Gasteiger partial charge >= 0.3 is 6.08 Å². The number of aliphatic imine (C=N–C) groups is 1. The summed E-state index contributed by atoms with van der Waals surface area (Å²) in [5.41, 5.74) is 0.166. The van der Waals surface area contributed by atoms with Crippen LogP contribution in [0, 0.1) is 5.41 Å². The van der Waals surface area contributed by atoms with Crippen LogP contribution in [0.3, 0.4) is 0 Å². The highest BCUT2D eigenvalue weighted by Crippen LogP contribution is 2.25. The van der Waals surface area contributed by atoms with E-state index in [9.17, 15) is 0 Å². The van der Waals surface area contributed by atoms with Gasteiger partial charge in [0.05, 0.1) is 12.6 Å². The molecule has 0 saturated carbocycles. The van der Waals surface area contributed by atoms with Gasteiger partial charge in [-0.15, -0.1) is 0 Å². The molecule has 3 nitrogen and oxygen atoms in total. The molecule has 1 atom stereocenters. The van der Waals surface area contributed by atoms with Crippen molar-refractivity contribution in [1.29, 1.82) is 0 Å². The molecule has 1 rings (SSSR count). The Balaban J connectivity index is 2.53. The molecule has 0 aromatic rings. The lowest BCUT2D eigenvalue weighted by molar-refractivity contribution is 0.176. The van der Waals surface area contributed by atoms with Crippen molar-refractivity contribution in [2.75, 3.05) is 13.2 Å². The first kappa shape index (κ1) is 9.36. The number of hydrogen-bond acceptors (Lipinski definition) is 3. The molecular weight excluding hydrogens is 154 g/mol. The predicted molar refractivity (Wildman–Crippen MR) is 48.3 cm³/mol. The molecule has 0 spiro atoms. The average Bonchev–Trinajstić information content (AvgIpc) is 2.35. The first-order chi connectivity index (χ1) is 5.54. The Hall–Kier alpha value is -0.730. The maximum atomic E-state index is 5.26. The van der Waals surface area contributed by atoms with Crippen LogP contribution in [0.5, 0.6) is 0 Å². The Labute approximate surface area is 73.8 Å². The Bertz CT molecular complexity index is 181. The van der Waals surface area contributed by atoms with E-state index in [1.54, 1.807) is 0 Å². The summed E-state index contributed by atoms with van der Waals surface area (Å²) in [6, 6.07) is 0.235. The highest BCUT2D eigenvalue weighted by molar-refractivity contribution is 5.68. The molecule has 3 heteroatoms. The average molecular weight is 171 g/mol. The molecule has 0 fully saturated rings. The van der Waals surface area contributed by atoms with Crippen molar-refractivity contribution in [2.24, 2.45) is 10.4 Å². The van der Waals surface area contributed by atoms with Crippen molar-refractivity contribution in [2.45, 2.75) is 33.7 Å². The van der Waals surface area contributed by atoms with Crippen molar-refractivity contribution in [3.63, 3.8) is 0 Å². The summed E-state index contributed by atoms with van der Waals surface area (Å²) >= 11 is 0. The molecule has 1 aliphatic heterocycles. The second-order valence-corrected chi connectivity index (χ2v) is 4.02. The van der Waals surface area contributed by atoms with Crippen molar-refractivity contribution in [3.8, 4) is 0 Å². The van der Waals surface area contributed by atoms with E-state index in [-0.39, 0.29) is 11.5 Å². The third kappa shape index (κ3) is 2.13. The van der Waals surface area contributed by atoms with E-state index in [2.05, 4.69) is 25.8 Å². The summed E-state index contributed by atoms with van der Waals surface area (Å²) in [5, 5.41) is 0. The molecule has 0 saturated heterocycles. The molecule has 0 N–H and O–H groups in total. The lowest BCUT2D eigenvalue weighted by atomic mass is 9.88. The molecule has 0 amide bonds. The Morgan fingerprint density at radius 1 is 1.58 bits per heavy atom. The minimum atomic E-state index is 0.166. The fourth-order valence-corrected chi connectivity index (χ4v) is 0.998. The topological polar surface area (TPSA) is 30.8 Å². The van der Waals surface area contributed by atoms with E-state index in [4.69, 9.17) is 9.47 Å². The second kappa shape index (κ2) is 3.33. The summed E-state index contributed by atoms with van der Waals surface area (Å²) < 4.78 is 10.4. The van der Waals surface area contributed by atoms with Crippen molar-refractivity contribution >= 4 is 6.08 Å². The first-order valence-electron chi connectivity index (χ1n) is 4.37. The molecule has 1 aliphatic rings. The third-order valence-corrected chi connectivity index (χ3v) is 1.89. The Morgan fingerprint density at radius 2 is 2.25 bits per heavy atom. The lowest BCUT2D eigenvalue weighted by Crippen LogP contribution is -2.25. The Morgan fingerprint density at radius 3 is 2.67 bits per heavy atom. The summed E-state index contributed by atoms with van der Waals surface area (Å²) in [6.07, 6.45) is 0.456. The van der Waals surface area contributed by atoms with Gasteiger partial charge in [0.15, 0.2) is 0 Å². The normalized spacial score (nSPS) is 23.3. The standard InChI is InChI=1S/C9H17NO2/c1-5-11-8-10-7(6-12-8)9(2,3)4/h7H,5-6H2,1-4H3/t7-/m1/s1. The van der Waals surface area contributed by atoms with Gasteiger partial charge in [0.25, 0.3) is 0 Å². The van der Waals surface area contributed by atoms with Gasteiger partial charge in [0.2, 0.25) is 0 Å². The van der Waals surface area contributed by atoms with E-state index in [1.807, 2.05) is 6.92 Å². The van der Waals surface area contributed by atoms with Crippen LogP contribution in [0.1, 0.15) is 27.7 Å². The van der Waals surface area contributed by atoms with Crippen LogP contribution in [0.15, 0.2) is 4.99 Å².